The van der Waals surface area contributed by atoms with Gasteiger partial charge in [-0.15, -0.1) is 0 Å². The molecule has 0 aliphatic carbocycles. The Kier molecular flexibility index (Phi) is 2.76. The first-order chi connectivity index (χ1) is 6.36. The van der Waals surface area contributed by atoms with Crippen molar-refractivity contribution >= 4 is 11.6 Å². The summed E-state index contributed by atoms with van der Waals surface area (Å²) >= 11 is 5.70. The number of aromatic nitrogens is 2. The molecule has 0 saturated carbocycles. The van der Waals surface area contributed by atoms with Crippen molar-refractivity contribution in [2.45, 2.75) is 18.8 Å². The molecule has 3 nitrogen and oxygen atoms in total. The van der Waals surface area contributed by atoms with Gasteiger partial charge in [0.2, 0.25) is 5.28 Å². The molecular formula is C9H11ClN2O. The van der Waals surface area contributed by atoms with Gasteiger partial charge in [-0.3, -0.25) is 0 Å². The maximum atomic E-state index is 5.70. The molecule has 1 aromatic rings. The van der Waals surface area contributed by atoms with Crippen LogP contribution in [0.2, 0.25) is 5.28 Å². The highest BCUT2D eigenvalue weighted by Crippen LogP contribution is 2.23. The van der Waals surface area contributed by atoms with E-state index in [0.29, 0.717) is 11.2 Å². The van der Waals surface area contributed by atoms with E-state index in [0.717, 1.165) is 31.7 Å². The van der Waals surface area contributed by atoms with Crippen LogP contribution in [0, 0.1) is 0 Å². The van der Waals surface area contributed by atoms with Gasteiger partial charge in [0.15, 0.2) is 0 Å². The molecule has 1 fully saturated rings. The van der Waals surface area contributed by atoms with Gasteiger partial charge < -0.3 is 4.74 Å². The average Bonchev–Trinajstić information content (AvgIpc) is 2.19. The van der Waals surface area contributed by atoms with E-state index in [-0.39, 0.29) is 0 Å². The summed E-state index contributed by atoms with van der Waals surface area (Å²) < 4.78 is 5.37. The lowest BCUT2D eigenvalue weighted by atomic mass is 9.99. The first kappa shape index (κ1) is 8.91. The van der Waals surface area contributed by atoms with E-state index in [2.05, 4.69) is 9.97 Å². The van der Waals surface area contributed by atoms with Gasteiger partial charge in [-0.25, -0.2) is 9.97 Å². The predicted molar refractivity (Wildman–Crippen MR) is 49.8 cm³/mol. The van der Waals surface area contributed by atoms with Gasteiger partial charge in [0.05, 0.1) is 12.3 Å². The maximum absolute atomic E-state index is 5.70. The van der Waals surface area contributed by atoms with Crippen LogP contribution >= 0.6 is 11.6 Å². The van der Waals surface area contributed by atoms with E-state index in [4.69, 9.17) is 16.3 Å². The summed E-state index contributed by atoms with van der Waals surface area (Å²) in [6, 6.07) is 1.91. The first-order valence-corrected chi connectivity index (χ1v) is 4.80. The summed E-state index contributed by atoms with van der Waals surface area (Å²) in [5.74, 6) is 0.397. The van der Waals surface area contributed by atoms with Crippen LogP contribution in [0.25, 0.3) is 0 Å². The van der Waals surface area contributed by atoms with Gasteiger partial charge in [0.1, 0.15) is 0 Å². The van der Waals surface area contributed by atoms with Gasteiger partial charge in [0, 0.05) is 18.7 Å². The Morgan fingerprint density at radius 1 is 1.54 bits per heavy atom. The Hall–Kier alpha value is -0.670. The van der Waals surface area contributed by atoms with Crippen LogP contribution in [0.1, 0.15) is 24.5 Å². The Balaban J connectivity index is 2.14. The molecule has 2 heterocycles. The third-order valence-electron chi connectivity index (χ3n) is 2.23. The normalized spacial score (nSPS) is 23.0. The van der Waals surface area contributed by atoms with Crippen LogP contribution in [0.4, 0.5) is 0 Å². The molecule has 1 atom stereocenters. The number of hydrogen-bond acceptors (Lipinski definition) is 3. The summed E-state index contributed by atoms with van der Waals surface area (Å²) in [7, 11) is 0. The zero-order valence-corrected chi connectivity index (χ0v) is 8.00. The van der Waals surface area contributed by atoms with Crippen molar-refractivity contribution < 1.29 is 4.74 Å². The van der Waals surface area contributed by atoms with Crippen LogP contribution in [0.5, 0.6) is 0 Å². The topological polar surface area (TPSA) is 35.0 Å². The van der Waals surface area contributed by atoms with Crippen molar-refractivity contribution in [1.29, 1.82) is 0 Å². The van der Waals surface area contributed by atoms with Crippen molar-refractivity contribution in [1.82, 2.24) is 9.97 Å². The molecule has 4 heteroatoms. The van der Waals surface area contributed by atoms with Crippen molar-refractivity contribution in [2.75, 3.05) is 13.2 Å². The highest BCUT2D eigenvalue weighted by molar-refractivity contribution is 6.28. The average molecular weight is 199 g/mol. The quantitative estimate of drug-likeness (QED) is 0.648. The van der Waals surface area contributed by atoms with Crippen LogP contribution in [0.3, 0.4) is 0 Å². The molecule has 0 spiro atoms. The highest BCUT2D eigenvalue weighted by Gasteiger charge is 2.17. The lowest BCUT2D eigenvalue weighted by Crippen LogP contribution is -2.16. The molecule has 70 valence electrons. The lowest BCUT2D eigenvalue weighted by Gasteiger charge is -2.21. The fourth-order valence-corrected chi connectivity index (χ4v) is 1.70. The standard InChI is InChI=1S/C9H11ClN2O/c10-9-11-4-3-8(12-9)7-2-1-5-13-6-7/h3-4,7H,1-2,5-6H2. The largest absolute Gasteiger partial charge is 0.381 e. The van der Waals surface area contributed by atoms with Crippen LogP contribution in [0.15, 0.2) is 12.3 Å². The molecule has 1 aliphatic rings. The fraction of sp³-hybridized carbons (Fsp3) is 0.556. The molecule has 13 heavy (non-hydrogen) atoms. The molecule has 0 bridgehead atoms. The van der Waals surface area contributed by atoms with Crippen molar-refractivity contribution in [3.05, 3.63) is 23.2 Å². The smallest absolute Gasteiger partial charge is 0.222 e. The molecule has 1 saturated heterocycles. The minimum atomic E-state index is 0.322. The summed E-state index contributed by atoms with van der Waals surface area (Å²) in [5, 5.41) is 0.322. The van der Waals surface area contributed by atoms with Crippen LogP contribution < -0.4 is 0 Å². The second kappa shape index (κ2) is 4.03. The minimum Gasteiger partial charge on any atom is -0.381 e. The van der Waals surface area contributed by atoms with Gasteiger partial charge >= 0.3 is 0 Å². The van der Waals surface area contributed by atoms with Gasteiger partial charge in [-0.05, 0) is 30.5 Å². The summed E-state index contributed by atoms with van der Waals surface area (Å²) in [4.78, 5) is 8.02. The molecule has 1 unspecified atom stereocenters. The number of halogens is 1. The first-order valence-electron chi connectivity index (χ1n) is 4.42. The molecule has 0 amide bonds. The summed E-state index contributed by atoms with van der Waals surface area (Å²) in [5.41, 5.74) is 1.000. The molecule has 1 aromatic heterocycles. The summed E-state index contributed by atoms with van der Waals surface area (Å²) in [6.45, 7) is 1.63. The SMILES string of the molecule is Clc1nccc(C2CCCOC2)n1. The maximum Gasteiger partial charge on any atom is 0.222 e. The third kappa shape index (κ3) is 2.17. The van der Waals surface area contributed by atoms with Crippen molar-refractivity contribution in [2.24, 2.45) is 0 Å². The van der Waals surface area contributed by atoms with E-state index in [9.17, 15) is 0 Å². The Labute approximate surface area is 82.1 Å². The van der Waals surface area contributed by atoms with Crippen molar-refractivity contribution in [3.8, 4) is 0 Å². The van der Waals surface area contributed by atoms with Crippen LogP contribution in [-0.4, -0.2) is 23.2 Å². The van der Waals surface area contributed by atoms with Crippen LogP contribution in [-0.2, 0) is 4.74 Å². The monoisotopic (exact) mass is 198 g/mol. The minimum absolute atomic E-state index is 0.322. The zero-order valence-electron chi connectivity index (χ0n) is 7.24. The Morgan fingerprint density at radius 2 is 2.46 bits per heavy atom. The van der Waals surface area contributed by atoms with E-state index in [1.54, 1.807) is 6.20 Å². The lowest BCUT2D eigenvalue weighted by molar-refractivity contribution is 0.0793. The third-order valence-corrected chi connectivity index (χ3v) is 2.41. The van der Waals surface area contributed by atoms with E-state index < -0.39 is 0 Å². The number of nitrogens with zero attached hydrogens (tertiary/aromatic N) is 2. The number of rotatable bonds is 1. The predicted octanol–water partition coefficient (Wildman–Crippen LogP) is 2.02. The molecule has 0 radical (unpaired) electrons. The second-order valence-electron chi connectivity index (χ2n) is 3.16. The molecule has 1 aliphatic heterocycles. The Morgan fingerprint density at radius 3 is 3.15 bits per heavy atom. The van der Waals surface area contributed by atoms with Gasteiger partial charge in [0.25, 0.3) is 0 Å². The van der Waals surface area contributed by atoms with E-state index in [1.807, 2.05) is 6.07 Å². The zero-order chi connectivity index (χ0) is 9.10. The summed E-state index contributed by atoms with van der Waals surface area (Å²) in [6.07, 6.45) is 3.93. The van der Waals surface area contributed by atoms with E-state index in [1.165, 1.54) is 0 Å². The molecule has 0 N–H and O–H groups in total. The van der Waals surface area contributed by atoms with Gasteiger partial charge in [-0.1, -0.05) is 0 Å². The Bertz CT molecular complexity index is 287. The second-order valence-corrected chi connectivity index (χ2v) is 3.50. The number of hydrogen-bond donors (Lipinski definition) is 0. The van der Waals surface area contributed by atoms with E-state index >= 15 is 0 Å². The van der Waals surface area contributed by atoms with Gasteiger partial charge in [-0.2, -0.15) is 0 Å². The van der Waals surface area contributed by atoms with Crippen molar-refractivity contribution in [3.63, 3.8) is 0 Å². The highest BCUT2D eigenvalue weighted by atomic mass is 35.5. The molecular weight excluding hydrogens is 188 g/mol. The molecule has 0 aromatic carbocycles. The molecule has 2 rings (SSSR count). The number of ether oxygens (including phenoxy) is 1. The fourth-order valence-electron chi connectivity index (χ4n) is 1.55.